The van der Waals surface area contributed by atoms with Crippen molar-refractivity contribution in [2.45, 2.75) is 13.0 Å². The zero-order valence-corrected chi connectivity index (χ0v) is 17.8. The van der Waals surface area contributed by atoms with Gasteiger partial charge in [0.1, 0.15) is 23.1 Å². The molecule has 7 heteroatoms. The molecule has 166 valence electrons. The van der Waals surface area contributed by atoms with E-state index in [1.165, 1.54) is 30.7 Å². The van der Waals surface area contributed by atoms with Crippen LogP contribution in [-0.2, 0) is 6.54 Å². The van der Waals surface area contributed by atoms with Gasteiger partial charge in [-0.25, -0.2) is 13.8 Å². The van der Waals surface area contributed by atoms with Gasteiger partial charge >= 0.3 is 0 Å². The molecule has 5 nitrogen and oxygen atoms in total. The van der Waals surface area contributed by atoms with Crippen molar-refractivity contribution in [3.8, 4) is 0 Å². The maximum atomic E-state index is 13.8. The molecule has 1 saturated carbocycles. The fourth-order valence-corrected chi connectivity index (χ4v) is 4.85. The summed E-state index contributed by atoms with van der Waals surface area (Å²) in [6, 6.07) is 16.1. The van der Waals surface area contributed by atoms with Crippen molar-refractivity contribution in [3.05, 3.63) is 89.8 Å². The van der Waals surface area contributed by atoms with Crippen LogP contribution in [0.1, 0.15) is 22.5 Å². The molecule has 1 aliphatic heterocycles. The van der Waals surface area contributed by atoms with Gasteiger partial charge in [-0.05, 0) is 72.4 Å². The first-order valence-electron chi connectivity index (χ1n) is 11.1. The summed E-state index contributed by atoms with van der Waals surface area (Å²) in [5.74, 6) is 1.50. The molecule has 0 radical (unpaired) electrons. The van der Waals surface area contributed by atoms with E-state index >= 15 is 0 Å². The van der Waals surface area contributed by atoms with E-state index in [-0.39, 0.29) is 24.1 Å². The Hall–Kier alpha value is -3.74. The van der Waals surface area contributed by atoms with Gasteiger partial charge < -0.3 is 14.8 Å². The van der Waals surface area contributed by atoms with Gasteiger partial charge in [-0.3, -0.25) is 4.79 Å². The maximum absolute atomic E-state index is 13.8. The Bertz CT molecular complexity index is 1350. The summed E-state index contributed by atoms with van der Waals surface area (Å²) >= 11 is 0. The first kappa shape index (κ1) is 19.9. The van der Waals surface area contributed by atoms with Crippen LogP contribution in [0.2, 0.25) is 0 Å². The van der Waals surface area contributed by atoms with Crippen LogP contribution in [0.25, 0.3) is 10.9 Å². The molecule has 6 rings (SSSR count). The second-order valence-corrected chi connectivity index (χ2v) is 8.97. The van der Waals surface area contributed by atoms with Crippen LogP contribution in [0.5, 0.6) is 0 Å². The van der Waals surface area contributed by atoms with Gasteiger partial charge in [0.2, 0.25) is 0 Å². The minimum absolute atomic E-state index is 0.282. The van der Waals surface area contributed by atoms with Crippen molar-refractivity contribution in [3.63, 3.8) is 0 Å². The van der Waals surface area contributed by atoms with Gasteiger partial charge in [0.25, 0.3) is 5.91 Å². The van der Waals surface area contributed by atoms with Gasteiger partial charge in [-0.2, -0.15) is 0 Å². The number of rotatable bonds is 5. The molecule has 1 N–H and O–H groups in total. The molecule has 4 aromatic rings. The van der Waals surface area contributed by atoms with Crippen LogP contribution in [-0.4, -0.2) is 28.5 Å². The fraction of sp³-hybridized carbons (Fsp3) is 0.231. The Kier molecular flexibility index (Phi) is 4.64. The van der Waals surface area contributed by atoms with E-state index in [4.69, 9.17) is 0 Å². The predicted octanol–water partition coefficient (Wildman–Crippen LogP) is 5.07. The van der Waals surface area contributed by atoms with Crippen LogP contribution in [0.4, 0.5) is 20.3 Å². The molecule has 2 aliphatic rings. The molecule has 1 saturated heterocycles. The highest BCUT2D eigenvalue weighted by molar-refractivity contribution is 6.06. The molecule has 33 heavy (non-hydrogen) atoms. The number of nitrogens with zero attached hydrogens (tertiary/aromatic N) is 3. The number of aromatic nitrogens is 2. The topological polar surface area (TPSA) is 50.2 Å². The molecule has 2 unspecified atom stereocenters. The maximum Gasteiger partial charge on any atom is 0.272 e. The van der Waals surface area contributed by atoms with Crippen molar-refractivity contribution in [1.29, 1.82) is 0 Å². The second-order valence-electron chi connectivity index (χ2n) is 8.97. The van der Waals surface area contributed by atoms with Gasteiger partial charge in [-0.15, -0.1) is 0 Å². The van der Waals surface area contributed by atoms with Crippen LogP contribution >= 0.6 is 0 Å². The van der Waals surface area contributed by atoms with Crippen LogP contribution < -0.4 is 10.2 Å². The molecule has 1 aliphatic carbocycles. The second kappa shape index (κ2) is 7.69. The van der Waals surface area contributed by atoms with E-state index in [1.807, 2.05) is 12.1 Å². The summed E-state index contributed by atoms with van der Waals surface area (Å²) in [7, 11) is 0. The lowest BCUT2D eigenvalue weighted by molar-refractivity contribution is 0.101. The Balaban J connectivity index is 1.28. The molecule has 2 atom stereocenters. The zero-order valence-electron chi connectivity index (χ0n) is 17.8. The molecule has 0 bridgehead atoms. The van der Waals surface area contributed by atoms with Gasteiger partial charge in [0, 0.05) is 30.5 Å². The minimum Gasteiger partial charge on any atom is -0.356 e. The number of anilines is 2. The molecule has 2 aromatic heterocycles. The summed E-state index contributed by atoms with van der Waals surface area (Å²) in [6.07, 6.45) is 2.99. The molecule has 2 fully saturated rings. The Morgan fingerprint density at radius 3 is 2.58 bits per heavy atom. The summed E-state index contributed by atoms with van der Waals surface area (Å²) in [6.45, 7) is 2.39. The summed E-state index contributed by atoms with van der Waals surface area (Å²) in [4.78, 5) is 20.0. The van der Waals surface area contributed by atoms with E-state index in [0.717, 1.165) is 30.7 Å². The number of benzene rings is 2. The Morgan fingerprint density at radius 2 is 1.82 bits per heavy atom. The number of hydrogen-bond donors (Lipinski definition) is 1. The lowest BCUT2D eigenvalue weighted by Gasteiger charge is -2.19. The molecule has 2 aromatic carbocycles. The number of piperidine rings is 1. The first-order valence-corrected chi connectivity index (χ1v) is 11.1. The monoisotopic (exact) mass is 444 g/mol. The number of amides is 1. The average Bonchev–Trinajstić information content (AvgIpc) is 3.25. The quantitative estimate of drug-likeness (QED) is 0.468. The minimum atomic E-state index is -0.378. The highest BCUT2D eigenvalue weighted by Gasteiger charge is 2.45. The van der Waals surface area contributed by atoms with Gasteiger partial charge in [0.15, 0.2) is 0 Å². The third-order valence-corrected chi connectivity index (χ3v) is 6.63. The number of hydrogen-bond acceptors (Lipinski definition) is 3. The van der Waals surface area contributed by atoms with Crippen molar-refractivity contribution < 1.29 is 13.6 Å². The summed E-state index contributed by atoms with van der Waals surface area (Å²) in [5, 5.41) is 3.51. The number of nitrogens with one attached hydrogen (secondary N) is 1. The fourth-order valence-electron chi connectivity index (χ4n) is 4.85. The van der Waals surface area contributed by atoms with E-state index in [0.29, 0.717) is 27.8 Å². The normalized spacial score (nSPS) is 19.0. The standard InChI is InChI=1S/C26H22F2N4O/c27-20-3-1-2-16(8-20)13-32-23-6-4-21(28)10-17(23)11-24(32)26(33)30-22-5-7-25(29-12-22)31-14-18-9-19(18)15-31/h1-8,10-12,18-19H,9,13-15H2,(H,30,33). The number of pyridine rings is 1. The zero-order chi connectivity index (χ0) is 22.5. The van der Waals surface area contributed by atoms with Crippen LogP contribution in [0.15, 0.2) is 66.9 Å². The van der Waals surface area contributed by atoms with Gasteiger partial charge in [-0.1, -0.05) is 12.1 Å². The van der Waals surface area contributed by atoms with E-state index in [1.54, 1.807) is 35.0 Å². The van der Waals surface area contributed by atoms with Crippen molar-refractivity contribution in [1.82, 2.24) is 9.55 Å². The SMILES string of the molecule is O=C(Nc1ccc(N2CC3CC3C2)nc1)c1cc2cc(F)ccc2n1Cc1cccc(F)c1. The van der Waals surface area contributed by atoms with E-state index in [9.17, 15) is 13.6 Å². The lowest BCUT2D eigenvalue weighted by atomic mass is 10.2. The predicted molar refractivity (Wildman–Crippen MR) is 123 cm³/mol. The van der Waals surface area contributed by atoms with Crippen LogP contribution in [0.3, 0.4) is 0 Å². The van der Waals surface area contributed by atoms with Crippen molar-refractivity contribution in [2.24, 2.45) is 11.8 Å². The molecule has 0 spiro atoms. The molecule has 3 heterocycles. The van der Waals surface area contributed by atoms with E-state index in [2.05, 4.69) is 15.2 Å². The number of fused-ring (bicyclic) bond motifs is 2. The molecular formula is C26H22F2N4O. The number of carbonyl (C=O) groups is 1. The smallest absolute Gasteiger partial charge is 0.272 e. The van der Waals surface area contributed by atoms with E-state index < -0.39 is 0 Å². The van der Waals surface area contributed by atoms with Crippen molar-refractivity contribution >= 4 is 28.3 Å². The highest BCUT2D eigenvalue weighted by Crippen LogP contribution is 2.45. The third kappa shape index (κ3) is 3.84. The molecule has 1 amide bonds. The average molecular weight is 444 g/mol. The summed E-state index contributed by atoms with van der Waals surface area (Å²) in [5.41, 5.74) is 2.36. The summed E-state index contributed by atoms with van der Waals surface area (Å²) < 4.78 is 29.3. The number of halogens is 2. The first-order chi connectivity index (χ1) is 16.0. The number of carbonyl (C=O) groups excluding carboxylic acids is 1. The third-order valence-electron chi connectivity index (χ3n) is 6.63. The lowest BCUT2D eigenvalue weighted by Crippen LogP contribution is -2.23. The van der Waals surface area contributed by atoms with Gasteiger partial charge in [0.05, 0.1) is 11.9 Å². The van der Waals surface area contributed by atoms with Crippen molar-refractivity contribution in [2.75, 3.05) is 23.3 Å². The highest BCUT2D eigenvalue weighted by atomic mass is 19.1. The Labute approximate surface area is 189 Å². The Morgan fingerprint density at radius 1 is 1.00 bits per heavy atom. The molecular weight excluding hydrogens is 422 g/mol. The largest absolute Gasteiger partial charge is 0.356 e. The van der Waals surface area contributed by atoms with Crippen LogP contribution in [0, 0.1) is 23.5 Å².